The molecule has 2 unspecified atom stereocenters. The molecule has 6 nitrogen and oxygen atoms in total. The second kappa shape index (κ2) is 5.93. The number of anilines is 2. The summed E-state index contributed by atoms with van der Waals surface area (Å²) >= 11 is 0. The van der Waals surface area contributed by atoms with Crippen molar-refractivity contribution in [3.8, 4) is 0 Å². The van der Waals surface area contributed by atoms with E-state index in [9.17, 15) is 5.11 Å². The summed E-state index contributed by atoms with van der Waals surface area (Å²) in [4.78, 5) is 13.2. The molecule has 1 N–H and O–H groups in total. The Bertz CT molecular complexity index is 457. The fraction of sp³-hybridized carbons (Fsp3) is 0.714. The lowest BCUT2D eigenvalue weighted by molar-refractivity contribution is 0.0529. The van der Waals surface area contributed by atoms with E-state index in [4.69, 9.17) is 4.74 Å². The van der Waals surface area contributed by atoms with Gasteiger partial charge in [0.25, 0.3) is 0 Å². The Labute approximate surface area is 119 Å². The predicted octanol–water partition coefficient (Wildman–Crippen LogP) is 0.663. The van der Waals surface area contributed by atoms with E-state index < -0.39 is 0 Å². The van der Waals surface area contributed by atoms with Gasteiger partial charge in [-0.05, 0) is 19.8 Å². The van der Waals surface area contributed by atoms with Crippen LogP contribution in [0.2, 0.25) is 0 Å². The molecule has 3 rings (SSSR count). The Balaban J connectivity index is 1.78. The van der Waals surface area contributed by atoms with E-state index in [1.807, 2.05) is 6.07 Å². The van der Waals surface area contributed by atoms with Crippen molar-refractivity contribution in [2.24, 2.45) is 0 Å². The van der Waals surface area contributed by atoms with Crippen LogP contribution in [0.4, 0.5) is 11.6 Å². The summed E-state index contributed by atoms with van der Waals surface area (Å²) in [5.74, 6) is 1.87. The first-order chi connectivity index (χ1) is 9.78. The van der Waals surface area contributed by atoms with E-state index in [0.29, 0.717) is 0 Å². The molecule has 110 valence electrons. The molecule has 0 radical (unpaired) electrons. The molecule has 20 heavy (non-hydrogen) atoms. The average molecular weight is 278 g/mol. The minimum atomic E-state index is 0.188. The van der Waals surface area contributed by atoms with Crippen LogP contribution in [0.25, 0.3) is 0 Å². The maximum Gasteiger partial charge on any atom is 0.134 e. The van der Waals surface area contributed by atoms with Crippen molar-refractivity contribution >= 4 is 11.6 Å². The zero-order chi connectivity index (χ0) is 13.9. The van der Waals surface area contributed by atoms with Gasteiger partial charge in [-0.2, -0.15) is 0 Å². The van der Waals surface area contributed by atoms with Crippen LogP contribution in [0.15, 0.2) is 12.4 Å². The van der Waals surface area contributed by atoms with Gasteiger partial charge in [0.15, 0.2) is 0 Å². The van der Waals surface area contributed by atoms with Crippen molar-refractivity contribution in [1.82, 2.24) is 9.97 Å². The Morgan fingerprint density at radius 1 is 1.35 bits per heavy atom. The van der Waals surface area contributed by atoms with Crippen LogP contribution in [-0.4, -0.2) is 60.1 Å². The second-order valence-electron chi connectivity index (χ2n) is 5.53. The van der Waals surface area contributed by atoms with Crippen molar-refractivity contribution in [1.29, 1.82) is 0 Å². The van der Waals surface area contributed by atoms with Gasteiger partial charge in [-0.15, -0.1) is 0 Å². The molecule has 0 aliphatic carbocycles. The summed E-state index contributed by atoms with van der Waals surface area (Å²) in [5.41, 5.74) is 0. The summed E-state index contributed by atoms with van der Waals surface area (Å²) < 4.78 is 5.57. The molecule has 2 atom stereocenters. The molecule has 2 fully saturated rings. The molecule has 2 aliphatic rings. The summed E-state index contributed by atoms with van der Waals surface area (Å²) in [7, 11) is 0. The minimum absolute atomic E-state index is 0.188. The van der Waals surface area contributed by atoms with Gasteiger partial charge < -0.3 is 19.6 Å². The zero-order valence-corrected chi connectivity index (χ0v) is 11.9. The van der Waals surface area contributed by atoms with Crippen molar-refractivity contribution in [3.05, 3.63) is 12.4 Å². The molecule has 0 bridgehead atoms. The smallest absolute Gasteiger partial charge is 0.134 e. The summed E-state index contributed by atoms with van der Waals surface area (Å²) in [6.07, 6.45) is 4.00. The normalized spacial score (nSPS) is 27.1. The first-order valence-corrected chi connectivity index (χ1v) is 7.34. The third kappa shape index (κ3) is 2.71. The predicted molar refractivity (Wildman–Crippen MR) is 77.1 cm³/mol. The lowest BCUT2D eigenvalue weighted by atomic mass is 10.2. The maximum atomic E-state index is 9.44. The number of hydrogen-bond acceptors (Lipinski definition) is 6. The Hall–Kier alpha value is -1.40. The van der Waals surface area contributed by atoms with Crippen molar-refractivity contribution < 1.29 is 9.84 Å². The number of rotatable bonds is 3. The molecule has 2 aliphatic heterocycles. The third-order valence-corrected chi connectivity index (χ3v) is 4.09. The van der Waals surface area contributed by atoms with Gasteiger partial charge in [-0.3, -0.25) is 0 Å². The SMILES string of the molecule is CC1CN(c2cc(N3CCCC3CO)ncn2)CCO1. The zero-order valence-electron chi connectivity index (χ0n) is 11.9. The summed E-state index contributed by atoms with van der Waals surface area (Å²) in [5, 5.41) is 9.44. The second-order valence-corrected chi connectivity index (χ2v) is 5.53. The van der Waals surface area contributed by atoms with Gasteiger partial charge >= 0.3 is 0 Å². The number of ether oxygens (including phenoxy) is 1. The number of morpholine rings is 1. The monoisotopic (exact) mass is 278 g/mol. The van der Waals surface area contributed by atoms with Gasteiger partial charge in [-0.1, -0.05) is 0 Å². The highest BCUT2D eigenvalue weighted by molar-refractivity contribution is 5.51. The van der Waals surface area contributed by atoms with Crippen LogP contribution in [0.1, 0.15) is 19.8 Å². The van der Waals surface area contributed by atoms with E-state index in [-0.39, 0.29) is 18.8 Å². The fourth-order valence-electron chi connectivity index (χ4n) is 3.02. The van der Waals surface area contributed by atoms with Crippen molar-refractivity contribution in [2.75, 3.05) is 42.6 Å². The molecule has 1 aromatic heterocycles. The van der Waals surface area contributed by atoms with Crippen LogP contribution in [0, 0.1) is 0 Å². The van der Waals surface area contributed by atoms with E-state index in [0.717, 1.165) is 50.7 Å². The molecule has 0 aromatic carbocycles. The molecule has 1 aromatic rings. The fourth-order valence-corrected chi connectivity index (χ4v) is 3.02. The van der Waals surface area contributed by atoms with Gasteiger partial charge in [0, 0.05) is 25.7 Å². The lowest BCUT2D eigenvalue weighted by Gasteiger charge is -2.32. The maximum absolute atomic E-state index is 9.44. The van der Waals surface area contributed by atoms with E-state index >= 15 is 0 Å². The van der Waals surface area contributed by atoms with E-state index in [1.54, 1.807) is 6.33 Å². The number of aliphatic hydroxyl groups excluding tert-OH is 1. The van der Waals surface area contributed by atoms with Crippen LogP contribution in [0.5, 0.6) is 0 Å². The van der Waals surface area contributed by atoms with Crippen LogP contribution >= 0.6 is 0 Å². The standard InChI is InChI=1S/C14H22N4O2/c1-11-8-17(5-6-20-11)13-7-14(16-10-15-13)18-4-2-3-12(18)9-19/h7,10-12,19H,2-6,8-9H2,1H3. The van der Waals surface area contributed by atoms with Crippen molar-refractivity contribution in [2.45, 2.75) is 31.9 Å². The van der Waals surface area contributed by atoms with Gasteiger partial charge in [0.2, 0.25) is 0 Å². The molecule has 0 amide bonds. The highest BCUT2D eigenvalue weighted by Gasteiger charge is 2.26. The molecule has 6 heteroatoms. The lowest BCUT2D eigenvalue weighted by Crippen LogP contribution is -2.41. The van der Waals surface area contributed by atoms with E-state index in [2.05, 4.69) is 26.7 Å². The molecular weight excluding hydrogens is 256 g/mol. The Kier molecular flexibility index (Phi) is 4.03. The molecule has 0 spiro atoms. The van der Waals surface area contributed by atoms with Gasteiger partial charge in [0.1, 0.15) is 18.0 Å². The van der Waals surface area contributed by atoms with Gasteiger partial charge in [0.05, 0.1) is 25.4 Å². The van der Waals surface area contributed by atoms with Crippen LogP contribution in [-0.2, 0) is 4.74 Å². The first-order valence-electron chi connectivity index (χ1n) is 7.34. The minimum Gasteiger partial charge on any atom is -0.394 e. The topological polar surface area (TPSA) is 61.7 Å². The van der Waals surface area contributed by atoms with Crippen LogP contribution in [0.3, 0.4) is 0 Å². The number of aliphatic hydroxyl groups is 1. The van der Waals surface area contributed by atoms with Gasteiger partial charge in [-0.25, -0.2) is 9.97 Å². The van der Waals surface area contributed by atoms with E-state index in [1.165, 1.54) is 0 Å². The third-order valence-electron chi connectivity index (χ3n) is 4.09. The van der Waals surface area contributed by atoms with Crippen molar-refractivity contribution in [3.63, 3.8) is 0 Å². The van der Waals surface area contributed by atoms with Crippen LogP contribution < -0.4 is 9.80 Å². The number of aromatic nitrogens is 2. The molecule has 3 heterocycles. The highest BCUT2D eigenvalue weighted by atomic mass is 16.5. The Morgan fingerprint density at radius 2 is 2.20 bits per heavy atom. The molecule has 0 saturated carbocycles. The molecular formula is C14H22N4O2. The first kappa shape index (κ1) is 13.6. The summed E-state index contributed by atoms with van der Waals surface area (Å²) in [6.45, 7) is 5.69. The summed E-state index contributed by atoms with van der Waals surface area (Å²) in [6, 6.07) is 2.23. The Morgan fingerprint density at radius 3 is 3.00 bits per heavy atom. The number of nitrogens with zero attached hydrogens (tertiary/aromatic N) is 4. The molecule has 2 saturated heterocycles. The quantitative estimate of drug-likeness (QED) is 0.876. The average Bonchev–Trinajstić information content (AvgIpc) is 2.96. The largest absolute Gasteiger partial charge is 0.394 e. The highest BCUT2D eigenvalue weighted by Crippen LogP contribution is 2.26. The number of hydrogen-bond donors (Lipinski definition) is 1.